The van der Waals surface area contributed by atoms with Crippen molar-refractivity contribution >= 4 is 17.4 Å². The van der Waals surface area contributed by atoms with Crippen molar-refractivity contribution in [3.05, 3.63) is 52.8 Å². The summed E-state index contributed by atoms with van der Waals surface area (Å²) in [5.41, 5.74) is 3.98. The fourth-order valence-corrected chi connectivity index (χ4v) is 3.25. The molecule has 1 fully saturated rings. The molecule has 0 radical (unpaired) electrons. The molecule has 0 aliphatic heterocycles. The molecule has 1 aliphatic rings. The van der Waals surface area contributed by atoms with E-state index in [2.05, 4.69) is 9.88 Å². The number of carbonyl (C=O) groups excluding carboxylic acids is 2. The summed E-state index contributed by atoms with van der Waals surface area (Å²) in [6.45, 7) is 6.29. The zero-order valence-corrected chi connectivity index (χ0v) is 15.0. The predicted octanol–water partition coefficient (Wildman–Crippen LogP) is 3.91. The summed E-state index contributed by atoms with van der Waals surface area (Å²) in [4.78, 5) is 24.7. The van der Waals surface area contributed by atoms with Crippen LogP contribution in [0.4, 0.5) is 5.69 Å². The summed E-state index contributed by atoms with van der Waals surface area (Å²) in [7, 11) is 0. The van der Waals surface area contributed by atoms with Gasteiger partial charge in [-0.05, 0) is 51.8 Å². The Morgan fingerprint density at radius 1 is 1.20 bits per heavy atom. The lowest BCUT2D eigenvalue weighted by Crippen LogP contribution is -2.17. The molecule has 1 aromatic carbocycles. The van der Waals surface area contributed by atoms with Crippen LogP contribution in [0.15, 0.2) is 30.3 Å². The van der Waals surface area contributed by atoms with Crippen molar-refractivity contribution in [3.8, 4) is 0 Å². The summed E-state index contributed by atoms with van der Waals surface area (Å²) in [6.07, 6.45) is 2.38. The van der Waals surface area contributed by atoms with Gasteiger partial charge >= 0.3 is 5.97 Å². The van der Waals surface area contributed by atoms with Crippen molar-refractivity contribution in [3.63, 3.8) is 0 Å². The number of para-hydroxylation sites is 1. The topological polar surface area (TPSA) is 60.3 Å². The monoisotopic (exact) mass is 340 g/mol. The van der Waals surface area contributed by atoms with Gasteiger partial charge in [-0.2, -0.15) is 0 Å². The Morgan fingerprint density at radius 3 is 2.60 bits per heavy atom. The molecule has 0 bridgehead atoms. The highest BCUT2D eigenvalue weighted by atomic mass is 16.5. The number of ether oxygens (including phenoxy) is 1. The number of anilines is 1. The number of ketones is 1. The number of hydrogen-bond donors (Lipinski definition) is 1. The van der Waals surface area contributed by atoms with Crippen molar-refractivity contribution in [2.24, 2.45) is 0 Å². The molecule has 0 saturated heterocycles. The van der Waals surface area contributed by atoms with Crippen LogP contribution in [0.5, 0.6) is 0 Å². The normalized spacial score (nSPS) is 13.6. The van der Waals surface area contributed by atoms with Crippen molar-refractivity contribution in [1.29, 1.82) is 0 Å². The SMILES string of the molecule is CCOC(=O)c1ccccc1NCC(=O)c1cc(C)n(C2CC2)c1C. The highest BCUT2D eigenvalue weighted by Gasteiger charge is 2.28. The molecule has 2 aromatic rings. The molecule has 1 saturated carbocycles. The highest BCUT2D eigenvalue weighted by molar-refractivity contribution is 6.01. The van der Waals surface area contributed by atoms with Gasteiger partial charge in [-0.15, -0.1) is 0 Å². The molecule has 25 heavy (non-hydrogen) atoms. The molecular weight excluding hydrogens is 316 g/mol. The fraction of sp³-hybridized carbons (Fsp3) is 0.400. The zero-order valence-electron chi connectivity index (χ0n) is 15.0. The molecule has 1 aromatic heterocycles. The van der Waals surface area contributed by atoms with Gasteiger partial charge in [-0.25, -0.2) is 4.79 Å². The second kappa shape index (κ2) is 7.13. The third-order valence-corrected chi connectivity index (χ3v) is 4.56. The second-order valence-electron chi connectivity index (χ2n) is 6.43. The number of Topliss-reactive ketones (excluding diaryl/α,β-unsaturated/α-hetero) is 1. The number of rotatable bonds is 7. The number of carbonyl (C=O) groups is 2. The Labute approximate surface area is 148 Å². The van der Waals surface area contributed by atoms with Crippen LogP contribution in [0.2, 0.25) is 0 Å². The minimum absolute atomic E-state index is 0.0265. The second-order valence-corrected chi connectivity index (χ2v) is 6.43. The lowest BCUT2D eigenvalue weighted by molar-refractivity contribution is 0.0527. The molecule has 5 heteroatoms. The third-order valence-electron chi connectivity index (χ3n) is 4.56. The van der Waals surface area contributed by atoms with E-state index in [0.717, 1.165) is 17.0 Å². The van der Waals surface area contributed by atoms with Gasteiger partial charge in [-0.3, -0.25) is 4.79 Å². The maximum absolute atomic E-state index is 12.7. The molecule has 132 valence electrons. The minimum atomic E-state index is -0.384. The first kappa shape index (κ1) is 17.3. The predicted molar refractivity (Wildman–Crippen MR) is 97.4 cm³/mol. The van der Waals surface area contributed by atoms with E-state index in [9.17, 15) is 9.59 Å². The largest absolute Gasteiger partial charge is 0.462 e. The van der Waals surface area contributed by atoms with Crippen molar-refractivity contribution < 1.29 is 14.3 Å². The van der Waals surface area contributed by atoms with E-state index in [0.29, 0.717) is 23.9 Å². The van der Waals surface area contributed by atoms with E-state index in [1.807, 2.05) is 26.0 Å². The van der Waals surface area contributed by atoms with Crippen LogP contribution >= 0.6 is 0 Å². The first-order valence-corrected chi connectivity index (χ1v) is 8.74. The van der Waals surface area contributed by atoms with E-state index in [-0.39, 0.29) is 18.3 Å². The molecule has 1 N–H and O–H groups in total. The van der Waals surface area contributed by atoms with Crippen LogP contribution in [-0.2, 0) is 4.74 Å². The smallest absolute Gasteiger partial charge is 0.340 e. The summed E-state index contributed by atoms with van der Waals surface area (Å²) < 4.78 is 7.33. The third kappa shape index (κ3) is 3.60. The maximum Gasteiger partial charge on any atom is 0.340 e. The van der Waals surface area contributed by atoms with Crippen molar-refractivity contribution in [2.45, 2.75) is 39.7 Å². The van der Waals surface area contributed by atoms with Crippen LogP contribution in [0.3, 0.4) is 0 Å². The van der Waals surface area contributed by atoms with Crippen molar-refractivity contribution in [1.82, 2.24) is 4.57 Å². The molecule has 0 spiro atoms. The molecule has 1 heterocycles. The Hall–Kier alpha value is -2.56. The molecule has 3 rings (SSSR count). The molecule has 1 aliphatic carbocycles. The van der Waals surface area contributed by atoms with Crippen LogP contribution < -0.4 is 5.32 Å². The van der Waals surface area contributed by atoms with Gasteiger partial charge in [0.1, 0.15) is 0 Å². The van der Waals surface area contributed by atoms with Gasteiger partial charge in [-0.1, -0.05) is 12.1 Å². The lowest BCUT2D eigenvalue weighted by atomic mass is 10.1. The number of esters is 1. The van der Waals surface area contributed by atoms with Crippen molar-refractivity contribution in [2.75, 3.05) is 18.5 Å². The van der Waals surface area contributed by atoms with E-state index in [1.165, 1.54) is 12.8 Å². The number of aromatic nitrogens is 1. The van der Waals surface area contributed by atoms with E-state index in [4.69, 9.17) is 4.74 Å². The van der Waals surface area contributed by atoms with Crippen LogP contribution in [0.25, 0.3) is 0 Å². The standard InChI is InChI=1S/C20H24N2O3/c1-4-25-20(24)16-7-5-6-8-18(16)21-12-19(23)17-11-13(2)22(14(17)3)15-9-10-15/h5-8,11,15,21H,4,9-10,12H2,1-3H3. The average Bonchev–Trinajstić information content (AvgIpc) is 3.38. The van der Waals surface area contributed by atoms with Gasteiger partial charge in [0.2, 0.25) is 0 Å². The molecule has 0 atom stereocenters. The summed E-state index contributed by atoms with van der Waals surface area (Å²) in [5, 5.41) is 3.09. The zero-order chi connectivity index (χ0) is 18.0. The van der Waals surface area contributed by atoms with Gasteiger partial charge in [0, 0.05) is 28.7 Å². The summed E-state index contributed by atoms with van der Waals surface area (Å²) in [5.74, 6) is -0.358. The first-order valence-electron chi connectivity index (χ1n) is 8.74. The quantitative estimate of drug-likeness (QED) is 0.613. The van der Waals surface area contributed by atoms with Gasteiger partial charge in [0.25, 0.3) is 0 Å². The molecule has 0 unspecified atom stereocenters. The Bertz CT molecular complexity index is 803. The highest BCUT2D eigenvalue weighted by Crippen LogP contribution is 2.38. The lowest BCUT2D eigenvalue weighted by Gasteiger charge is -2.11. The Balaban J connectivity index is 1.73. The Kier molecular flexibility index (Phi) is 4.93. The summed E-state index contributed by atoms with van der Waals surface area (Å²) in [6, 6.07) is 9.61. The first-order chi connectivity index (χ1) is 12.0. The fourth-order valence-electron chi connectivity index (χ4n) is 3.25. The average molecular weight is 340 g/mol. The van der Waals surface area contributed by atoms with E-state index in [1.54, 1.807) is 25.1 Å². The number of nitrogens with zero attached hydrogens (tertiary/aromatic N) is 1. The summed E-state index contributed by atoms with van der Waals surface area (Å²) >= 11 is 0. The van der Waals surface area contributed by atoms with Gasteiger partial charge < -0.3 is 14.6 Å². The molecule has 5 nitrogen and oxygen atoms in total. The van der Waals surface area contributed by atoms with Gasteiger partial charge in [0.15, 0.2) is 5.78 Å². The molecule has 0 amide bonds. The number of aryl methyl sites for hydroxylation is 1. The number of benzene rings is 1. The van der Waals surface area contributed by atoms with E-state index < -0.39 is 0 Å². The van der Waals surface area contributed by atoms with Crippen LogP contribution in [0.1, 0.15) is 57.9 Å². The number of hydrogen-bond acceptors (Lipinski definition) is 4. The maximum atomic E-state index is 12.7. The van der Waals surface area contributed by atoms with Crippen LogP contribution in [-0.4, -0.2) is 29.5 Å². The minimum Gasteiger partial charge on any atom is -0.462 e. The number of nitrogens with one attached hydrogen (secondary N) is 1. The van der Waals surface area contributed by atoms with E-state index >= 15 is 0 Å². The Morgan fingerprint density at radius 2 is 1.92 bits per heavy atom. The molecular formula is C20H24N2O3. The van der Waals surface area contributed by atoms with Gasteiger partial charge in [0.05, 0.1) is 18.7 Å². The van der Waals surface area contributed by atoms with Crippen LogP contribution in [0, 0.1) is 13.8 Å².